The van der Waals surface area contributed by atoms with Gasteiger partial charge in [0, 0.05) is 18.0 Å². The zero-order valence-electron chi connectivity index (χ0n) is 12.5. The summed E-state index contributed by atoms with van der Waals surface area (Å²) in [4.78, 5) is 12.4. The lowest BCUT2D eigenvalue weighted by atomic mass is 10.1. The van der Waals surface area contributed by atoms with Crippen LogP contribution in [0.3, 0.4) is 0 Å². The van der Waals surface area contributed by atoms with Gasteiger partial charge in [-0.25, -0.2) is 5.43 Å². The molecule has 2 aromatic carbocycles. The second-order valence-corrected chi connectivity index (χ2v) is 5.73. The molecule has 0 aliphatic heterocycles. The fraction of sp³-hybridized carbons (Fsp3) is 0. The van der Waals surface area contributed by atoms with Crippen molar-refractivity contribution in [2.75, 3.05) is 0 Å². The van der Waals surface area contributed by atoms with Crippen LogP contribution in [-0.2, 0) is 0 Å². The Bertz CT molecular complexity index is 889. The lowest BCUT2D eigenvalue weighted by molar-refractivity contribution is 0.0955. The number of hydrogen-bond acceptors (Lipinski definition) is 2. The predicted molar refractivity (Wildman–Crippen MR) is 97.3 cm³/mol. The number of hydrazone groups is 1. The van der Waals surface area contributed by atoms with E-state index in [4.69, 9.17) is 23.2 Å². The molecule has 120 valence electrons. The topological polar surface area (TPSA) is 46.4 Å². The van der Waals surface area contributed by atoms with Gasteiger partial charge in [-0.3, -0.25) is 4.79 Å². The predicted octanol–water partition coefficient (Wildman–Crippen LogP) is 4.55. The van der Waals surface area contributed by atoms with Crippen molar-refractivity contribution in [3.63, 3.8) is 0 Å². The van der Waals surface area contributed by atoms with Crippen LogP contribution in [-0.4, -0.2) is 16.7 Å². The number of hydrogen-bond donors (Lipinski definition) is 1. The van der Waals surface area contributed by atoms with E-state index in [0.29, 0.717) is 21.2 Å². The number of aromatic nitrogens is 1. The van der Waals surface area contributed by atoms with Gasteiger partial charge in [-0.1, -0.05) is 47.5 Å². The normalized spacial score (nSPS) is 10.9. The van der Waals surface area contributed by atoms with E-state index in [2.05, 4.69) is 10.5 Å². The SMILES string of the molecule is O=C(N/N=C/c1cccc(Cl)c1Cl)c1ccccc1-n1cccc1. The minimum absolute atomic E-state index is 0.311. The first-order valence-corrected chi connectivity index (χ1v) is 7.92. The van der Waals surface area contributed by atoms with Crippen LogP contribution in [0.5, 0.6) is 0 Å². The number of nitrogens with one attached hydrogen (secondary N) is 1. The van der Waals surface area contributed by atoms with Crippen LogP contribution in [0.15, 0.2) is 72.1 Å². The number of nitrogens with zero attached hydrogens (tertiary/aromatic N) is 2. The second kappa shape index (κ2) is 7.34. The van der Waals surface area contributed by atoms with E-state index in [1.807, 2.05) is 41.2 Å². The van der Waals surface area contributed by atoms with E-state index in [0.717, 1.165) is 5.69 Å². The summed E-state index contributed by atoms with van der Waals surface area (Å²) >= 11 is 12.0. The van der Waals surface area contributed by atoms with Crippen LogP contribution in [0.25, 0.3) is 5.69 Å². The van der Waals surface area contributed by atoms with Crippen molar-refractivity contribution in [3.8, 4) is 5.69 Å². The third-order valence-corrected chi connectivity index (χ3v) is 4.22. The zero-order chi connectivity index (χ0) is 16.9. The standard InChI is InChI=1S/C18H13Cl2N3O/c19-15-8-5-6-13(17(15)20)12-21-22-18(24)14-7-1-2-9-16(14)23-10-3-4-11-23/h1-12H,(H,22,24)/b21-12+. The first-order valence-electron chi connectivity index (χ1n) is 7.16. The summed E-state index contributed by atoms with van der Waals surface area (Å²) in [7, 11) is 0. The zero-order valence-corrected chi connectivity index (χ0v) is 14.0. The Morgan fingerprint density at radius 2 is 1.75 bits per heavy atom. The molecule has 0 spiro atoms. The van der Waals surface area contributed by atoms with Gasteiger partial charge in [-0.2, -0.15) is 5.10 Å². The molecule has 0 saturated carbocycles. The number of rotatable bonds is 4. The van der Waals surface area contributed by atoms with Crippen LogP contribution < -0.4 is 5.43 Å². The van der Waals surface area contributed by atoms with Gasteiger partial charge in [0.1, 0.15) is 0 Å². The first-order chi connectivity index (χ1) is 11.7. The molecule has 3 rings (SSSR count). The van der Waals surface area contributed by atoms with Gasteiger partial charge >= 0.3 is 0 Å². The fourth-order valence-corrected chi connectivity index (χ4v) is 2.58. The Balaban J connectivity index is 1.79. The van der Waals surface area contributed by atoms with Crippen molar-refractivity contribution in [1.29, 1.82) is 0 Å². The van der Waals surface area contributed by atoms with E-state index >= 15 is 0 Å². The van der Waals surface area contributed by atoms with Gasteiger partial charge in [-0.05, 0) is 30.3 Å². The third kappa shape index (κ3) is 3.50. The summed E-state index contributed by atoms with van der Waals surface area (Å²) < 4.78 is 1.87. The highest BCUT2D eigenvalue weighted by molar-refractivity contribution is 6.43. The molecule has 0 fully saturated rings. The van der Waals surface area contributed by atoms with Crippen molar-refractivity contribution in [2.24, 2.45) is 5.10 Å². The Labute approximate surface area is 149 Å². The molecule has 24 heavy (non-hydrogen) atoms. The van der Waals surface area contributed by atoms with Crippen molar-refractivity contribution in [1.82, 2.24) is 9.99 Å². The largest absolute Gasteiger partial charge is 0.323 e. The summed E-state index contributed by atoms with van der Waals surface area (Å²) in [6.45, 7) is 0. The van der Waals surface area contributed by atoms with Gasteiger partial charge in [0.15, 0.2) is 0 Å². The molecule has 0 saturated heterocycles. The highest BCUT2D eigenvalue weighted by Crippen LogP contribution is 2.24. The summed E-state index contributed by atoms with van der Waals surface area (Å²) in [5.74, 6) is -0.311. The molecule has 0 aliphatic carbocycles. The highest BCUT2D eigenvalue weighted by atomic mass is 35.5. The molecule has 1 aromatic heterocycles. The van der Waals surface area contributed by atoms with Gasteiger partial charge in [0.2, 0.25) is 0 Å². The molecule has 1 heterocycles. The summed E-state index contributed by atoms with van der Waals surface area (Å²) in [5.41, 5.74) is 4.43. The number of para-hydroxylation sites is 1. The molecule has 1 N–H and O–H groups in total. The molecule has 0 atom stereocenters. The quantitative estimate of drug-likeness (QED) is 0.540. The molecule has 1 amide bonds. The maximum atomic E-state index is 12.4. The number of amides is 1. The van der Waals surface area contributed by atoms with E-state index in [9.17, 15) is 4.79 Å². The monoisotopic (exact) mass is 357 g/mol. The van der Waals surface area contributed by atoms with Gasteiger partial charge in [-0.15, -0.1) is 0 Å². The number of benzene rings is 2. The maximum Gasteiger partial charge on any atom is 0.273 e. The second-order valence-electron chi connectivity index (χ2n) is 4.95. The molecule has 0 unspecified atom stereocenters. The minimum Gasteiger partial charge on any atom is -0.323 e. The van der Waals surface area contributed by atoms with E-state index in [1.165, 1.54) is 6.21 Å². The van der Waals surface area contributed by atoms with Crippen molar-refractivity contribution < 1.29 is 4.79 Å². The molecule has 0 aliphatic rings. The summed E-state index contributed by atoms with van der Waals surface area (Å²) in [6.07, 6.45) is 5.21. The molecule has 0 radical (unpaired) electrons. The van der Waals surface area contributed by atoms with Crippen LogP contribution >= 0.6 is 23.2 Å². The van der Waals surface area contributed by atoms with Gasteiger partial charge < -0.3 is 4.57 Å². The third-order valence-electron chi connectivity index (χ3n) is 3.38. The minimum atomic E-state index is -0.311. The molecule has 0 bridgehead atoms. The average molecular weight is 358 g/mol. The van der Waals surface area contributed by atoms with Gasteiger partial charge in [0.05, 0.1) is 27.5 Å². The Morgan fingerprint density at radius 1 is 1.00 bits per heavy atom. The van der Waals surface area contributed by atoms with Crippen LogP contribution in [0.4, 0.5) is 0 Å². The first kappa shape index (κ1) is 16.3. The molecule has 4 nitrogen and oxygen atoms in total. The number of halogens is 2. The summed E-state index contributed by atoms with van der Waals surface area (Å²) in [5, 5.41) is 4.79. The molecular weight excluding hydrogens is 345 g/mol. The fourth-order valence-electron chi connectivity index (χ4n) is 2.23. The van der Waals surface area contributed by atoms with Crippen molar-refractivity contribution >= 4 is 35.3 Å². The Kier molecular flexibility index (Phi) is 4.99. The Morgan fingerprint density at radius 3 is 2.54 bits per heavy atom. The Hall–Kier alpha value is -2.56. The van der Waals surface area contributed by atoms with Crippen molar-refractivity contribution in [3.05, 3.63) is 88.2 Å². The lowest BCUT2D eigenvalue weighted by Crippen LogP contribution is -2.19. The smallest absolute Gasteiger partial charge is 0.273 e. The average Bonchev–Trinajstić information content (AvgIpc) is 3.13. The molecule has 6 heteroatoms. The number of carbonyl (C=O) groups excluding carboxylic acids is 1. The lowest BCUT2D eigenvalue weighted by Gasteiger charge is -2.09. The van der Waals surface area contributed by atoms with E-state index < -0.39 is 0 Å². The van der Waals surface area contributed by atoms with Crippen LogP contribution in [0.1, 0.15) is 15.9 Å². The number of carbonyl (C=O) groups is 1. The van der Waals surface area contributed by atoms with Gasteiger partial charge in [0.25, 0.3) is 5.91 Å². The molecular formula is C18H13Cl2N3O. The molecule has 3 aromatic rings. The van der Waals surface area contributed by atoms with Crippen molar-refractivity contribution in [2.45, 2.75) is 0 Å². The maximum absolute atomic E-state index is 12.4. The highest BCUT2D eigenvalue weighted by Gasteiger charge is 2.11. The van der Waals surface area contributed by atoms with E-state index in [1.54, 1.807) is 30.3 Å². The van der Waals surface area contributed by atoms with Crippen LogP contribution in [0.2, 0.25) is 10.0 Å². The van der Waals surface area contributed by atoms with E-state index in [-0.39, 0.29) is 5.91 Å². The summed E-state index contributed by atoms with van der Waals surface area (Å²) in [6, 6.07) is 16.3. The van der Waals surface area contributed by atoms with Crippen LogP contribution in [0, 0.1) is 0 Å².